The maximum absolute atomic E-state index is 16.5. The Labute approximate surface area is 663 Å². The molecule has 4 aliphatic carbocycles. The third-order valence-electron chi connectivity index (χ3n) is 23.5. The standard InChI is InChI=1S/C83H101Cl2N7O21/c1-5-7-8-9-10-11-12-19-87-83(109)88-66(99)32-48-29-58(96)70(91-78(105)41(6-2)20-38(3)4)72(100)43-14-17-61(54(84)27-43)110-63-30-47-31-64(77(63)113-82-76(104)75(103)74(102)65(37-86)112-82)111-62-18-15-44(28-55(62)85)73(101)71-81(108)90-69(60(98)35-50-45-22-39-21-40(24-45)25-46(50)23-39)53-33-49(93)34-57(95)67(53)52-26-42(13-16-56(52)94)51(80(107)92-71)36-59(97)68(47)89-79(48)106/h13-18,26-28,30-31,33-34,38-41,45-46,48,50-51,65,68-76,82,93-95,100-104H,5-12,19-25,29,32,35-37,86H2,1-4H3,(H,89,106)(H,90,108)(H,91,105)(H,92,107)(H2,87,88,99,109)/t39?,40?,41-,45?,46?,48+,50?,51-,65-,68?,69+,70+,71+,72-,73-,74-,75+,76-,82+/m1/s1. The molecule has 0 spiro atoms. The number of aliphatic hydroxyl groups is 5. The highest BCUT2D eigenvalue weighted by Gasteiger charge is 2.51. The summed E-state index contributed by atoms with van der Waals surface area (Å²) < 4.78 is 25.8. The van der Waals surface area contributed by atoms with Gasteiger partial charge in [0.15, 0.2) is 28.8 Å². The van der Waals surface area contributed by atoms with Gasteiger partial charge in [-0.25, -0.2) is 4.79 Å². The number of hydrogen-bond acceptors (Lipinski definition) is 22. The van der Waals surface area contributed by atoms with Crippen molar-refractivity contribution in [2.45, 2.75) is 216 Å². The van der Waals surface area contributed by atoms with Crippen molar-refractivity contribution >= 4 is 76.1 Å². The summed E-state index contributed by atoms with van der Waals surface area (Å²) in [6.45, 7) is 7.38. The van der Waals surface area contributed by atoms with Gasteiger partial charge in [-0.15, -0.1) is 0 Å². The number of ether oxygens (including phenoxy) is 4. The molecular weight excluding hydrogens is 1500 g/mol. The summed E-state index contributed by atoms with van der Waals surface area (Å²) in [6, 6.07) is 6.56. The van der Waals surface area contributed by atoms with Crippen LogP contribution in [0.2, 0.25) is 10.0 Å². The van der Waals surface area contributed by atoms with Gasteiger partial charge >= 0.3 is 6.03 Å². The number of unbranched alkanes of at least 4 members (excludes halogenated alkanes) is 6. The third kappa shape index (κ3) is 18.9. The largest absolute Gasteiger partial charge is 0.508 e. The zero-order chi connectivity index (χ0) is 81.0. The van der Waals surface area contributed by atoms with E-state index in [-0.39, 0.29) is 97.1 Å². The zero-order valence-corrected chi connectivity index (χ0v) is 64.9. The van der Waals surface area contributed by atoms with E-state index in [4.69, 9.17) is 47.9 Å². The quantitative estimate of drug-likeness (QED) is 0.0304. The number of nitrogens with one attached hydrogen (secondary N) is 6. The van der Waals surface area contributed by atoms with Crippen LogP contribution in [-0.4, -0.2) is 150 Å². The van der Waals surface area contributed by atoms with Crippen LogP contribution in [0.25, 0.3) is 11.1 Å². The highest BCUT2D eigenvalue weighted by molar-refractivity contribution is 6.32. The number of phenols is 3. The first-order chi connectivity index (χ1) is 54.0. The molecule has 15 rings (SSSR count). The minimum atomic E-state index is -2.18. The fourth-order valence-corrected chi connectivity index (χ4v) is 18.2. The molecule has 30 heteroatoms. The minimum Gasteiger partial charge on any atom is -0.508 e. The number of aromatic hydroxyl groups is 3. The second-order valence-electron chi connectivity index (χ2n) is 32.0. The topological polar surface area (TPSA) is 451 Å². The lowest BCUT2D eigenvalue weighted by Gasteiger charge is -2.54. The van der Waals surface area contributed by atoms with E-state index < -0.39 is 198 Å². The van der Waals surface area contributed by atoms with Crippen molar-refractivity contribution in [1.82, 2.24) is 31.9 Å². The Morgan fingerprint density at radius 2 is 1.27 bits per heavy atom. The van der Waals surface area contributed by atoms with Crippen molar-refractivity contribution in [2.75, 3.05) is 13.1 Å². The molecule has 1 saturated heterocycles. The van der Waals surface area contributed by atoms with Gasteiger partial charge in [0.05, 0.1) is 21.9 Å². The van der Waals surface area contributed by atoms with Gasteiger partial charge in [0.1, 0.15) is 89.5 Å². The summed E-state index contributed by atoms with van der Waals surface area (Å²) in [5.41, 5.74) is 4.57. The van der Waals surface area contributed by atoms with Gasteiger partial charge in [-0.05, 0) is 169 Å². The van der Waals surface area contributed by atoms with Gasteiger partial charge in [0.25, 0.3) is 0 Å². The fraction of sp³-hybridized carbons (Fsp3) is 0.530. The molecule has 4 saturated carbocycles. The van der Waals surface area contributed by atoms with Gasteiger partial charge in [0, 0.05) is 61.9 Å². The SMILES string of the molecule is CCCCCCCCCNC(=O)NC(=O)C[C@@H]1CC(=O)[C@H](NC(=O)[C@H](CC)CC(C)C)[C@H](O)c2ccc(c(Cl)c2)Oc2cc3cc(c2O[C@@H]2O[C@H](CN)[C@@H](O)[C@H](O)[C@H]2O)Oc2ccc(cc2Cl)[C@@H](O)[C@@H]2NC(=O)[C@H](CC(=O)C3NC1=O)c1ccc(O)c(c1)-c1c(O)cc(O)cc1[C@@H](C(=O)CC1C3CC4CC(C3)CC1C4)NC2=O. The Hall–Kier alpha value is -8.97. The molecule has 16 N–H and O–H groups in total. The van der Waals surface area contributed by atoms with Crippen LogP contribution in [0, 0.1) is 47.3 Å². The Balaban J connectivity index is 1.03. The van der Waals surface area contributed by atoms with Gasteiger partial charge in [-0.1, -0.05) is 108 Å². The number of aliphatic hydroxyl groups excluding tert-OH is 5. The average molecular weight is 1600 g/mol. The van der Waals surface area contributed by atoms with Crippen LogP contribution in [0.5, 0.6) is 46.0 Å². The molecule has 6 heterocycles. The minimum absolute atomic E-state index is 0.0187. The molecule has 15 bridgehead atoms. The molecule has 6 aliphatic heterocycles. The van der Waals surface area contributed by atoms with E-state index >= 15 is 28.8 Å². The Bertz CT molecular complexity index is 4400. The first-order valence-electron chi connectivity index (χ1n) is 39.3. The zero-order valence-electron chi connectivity index (χ0n) is 63.4. The molecule has 14 atom stereocenters. The first kappa shape index (κ1) is 83.5. The van der Waals surface area contributed by atoms with Crippen LogP contribution in [0.15, 0.2) is 78.9 Å². The summed E-state index contributed by atoms with van der Waals surface area (Å²) >= 11 is 14.3. The molecule has 608 valence electrons. The lowest BCUT2D eigenvalue weighted by Crippen LogP contribution is -2.60. The highest BCUT2D eigenvalue weighted by atomic mass is 35.5. The normalized spacial score (nSPS) is 28.4. The molecule has 0 radical (unpaired) electrons. The van der Waals surface area contributed by atoms with E-state index in [1.165, 1.54) is 48.5 Å². The Morgan fingerprint density at radius 1 is 0.637 bits per heavy atom. The van der Waals surface area contributed by atoms with E-state index in [0.29, 0.717) is 31.1 Å². The van der Waals surface area contributed by atoms with Crippen molar-refractivity contribution in [2.24, 2.45) is 53.1 Å². The van der Waals surface area contributed by atoms with Crippen LogP contribution in [0.3, 0.4) is 0 Å². The van der Waals surface area contributed by atoms with Crippen molar-refractivity contribution in [3.05, 3.63) is 117 Å². The fourth-order valence-electron chi connectivity index (χ4n) is 17.8. The molecule has 28 nitrogen and oxygen atoms in total. The number of carbonyl (C=O) groups excluding carboxylic acids is 9. The highest BCUT2D eigenvalue weighted by Crippen LogP contribution is 2.58. The van der Waals surface area contributed by atoms with Crippen LogP contribution >= 0.6 is 23.2 Å². The van der Waals surface area contributed by atoms with Crippen LogP contribution in [-0.2, 0) is 43.1 Å². The second-order valence-corrected chi connectivity index (χ2v) is 32.8. The van der Waals surface area contributed by atoms with E-state index in [1.807, 2.05) is 13.8 Å². The number of benzene rings is 5. The number of imide groups is 1. The number of Topliss-reactive ketones (excluding diaryl/α,β-unsaturated/α-hetero) is 3. The van der Waals surface area contributed by atoms with Gasteiger partial charge in [-0.3, -0.25) is 43.7 Å². The number of ketones is 3. The van der Waals surface area contributed by atoms with Crippen molar-refractivity contribution in [3.63, 3.8) is 0 Å². The smallest absolute Gasteiger partial charge is 0.321 e. The van der Waals surface area contributed by atoms with E-state index in [1.54, 1.807) is 6.92 Å². The van der Waals surface area contributed by atoms with Gasteiger partial charge < -0.3 is 92.1 Å². The van der Waals surface area contributed by atoms with E-state index in [2.05, 4.69) is 38.8 Å². The number of phenolic OH excluding ortho intramolecular Hbond substituents is 3. The lowest BCUT2D eigenvalue weighted by molar-refractivity contribution is -0.270. The van der Waals surface area contributed by atoms with Crippen LogP contribution in [0.1, 0.15) is 201 Å². The summed E-state index contributed by atoms with van der Waals surface area (Å²) in [7, 11) is 0. The number of halogens is 2. The number of nitrogens with two attached hydrogens (primary N) is 1. The number of hydrogen-bond donors (Lipinski definition) is 15. The number of carbonyl (C=O) groups is 9. The molecule has 5 fully saturated rings. The predicted octanol–water partition coefficient (Wildman–Crippen LogP) is 9.29. The summed E-state index contributed by atoms with van der Waals surface area (Å²) in [5, 5.41) is 110. The van der Waals surface area contributed by atoms with Gasteiger partial charge in [0.2, 0.25) is 41.6 Å². The molecule has 5 aromatic rings. The van der Waals surface area contributed by atoms with Crippen molar-refractivity contribution in [1.29, 1.82) is 0 Å². The predicted molar refractivity (Wildman–Crippen MR) is 411 cm³/mol. The van der Waals surface area contributed by atoms with Crippen molar-refractivity contribution < 1.29 is 103 Å². The number of rotatable bonds is 21. The van der Waals surface area contributed by atoms with Crippen LogP contribution < -0.4 is 51.8 Å². The maximum atomic E-state index is 16.5. The second kappa shape index (κ2) is 36.2. The lowest BCUT2D eigenvalue weighted by atomic mass is 9.51. The number of fused-ring (bicyclic) bond motifs is 15. The first-order valence-corrected chi connectivity index (χ1v) is 40.1. The monoisotopic (exact) mass is 1600 g/mol. The molecule has 10 aliphatic rings. The number of urea groups is 1. The molecule has 7 amide bonds. The average Bonchev–Trinajstić information content (AvgIpc) is 0.760. The summed E-state index contributed by atoms with van der Waals surface area (Å²) in [5.74, 6) is -15.3. The molecule has 0 aromatic heterocycles. The van der Waals surface area contributed by atoms with E-state index in [9.17, 15) is 55.2 Å². The summed E-state index contributed by atoms with van der Waals surface area (Å²) in [6.07, 6.45) is -4.48. The molecule has 113 heavy (non-hydrogen) atoms. The maximum Gasteiger partial charge on any atom is 0.321 e. The Morgan fingerprint density at radius 3 is 1.88 bits per heavy atom. The third-order valence-corrected chi connectivity index (χ3v) is 24.1. The van der Waals surface area contributed by atoms with Gasteiger partial charge in [-0.2, -0.15) is 0 Å². The molecule has 1 unspecified atom stereocenters. The van der Waals surface area contributed by atoms with Crippen LogP contribution in [0.4, 0.5) is 4.79 Å². The van der Waals surface area contributed by atoms with E-state index in [0.717, 1.165) is 101 Å². The molecular formula is C83H101Cl2N7O21. The van der Waals surface area contributed by atoms with Crippen molar-refractivity contribution in [3.8, 4) is 57.1 Å². The Kier molecular flexibility index (Phi) is 26.8. The summed E-state index contributed by atoms with van der Waals surface area (Å²) in [4.78, 5) is 137. The number of amides is 7. The molecule has 5 aromatic carbocycles.